The SMILES string of the molecule is COc1cc(N=O)c(C)cc1CCO. The first-order valence-electron chi connectivity index (χ1n) is 4.34. The van der Waals surface area contributed by atoms with E-state index in [4.69, 9.17) is 9.84 Å². The van der Waals surface area contributed by atoms with Gasteiger partial charge < -0.3 is 9.84 Å². The average molecular weight is 195 g/mol. The highest BCUT2D eigenvalue weighted by molar-refractivity contribution is 5.53. The molecule has 0 spiro atoms. The van der Waals surface area contributed by atoms with Crippen molar-refractivity contribution < 1.29 is 9.84 Å². The summed E-state index contributed by atoms with van der Waals surface area (Å²) in [5.41, 5.74) is 2.06. The minimum atomic E-state index is 0.0592. The highest BCUT2D eigenvalue weighted by atomic mass is 16.5. The Balaban J connectivity index is 3.16. The van der Waals surface area contributed by atoms with Crippen LogP contribution in [-0.2, 0) is 6.42 Å². The Hall–Kier alpha value is -1.42. The van der Waals surface area contributed by atoms with Crippen LogP contribution in [0.2, 0.25) is 0 Å². The summed E-state index contributed by atoms with van der Waals surface area (Å²) in [6, 6.07) is 3.40. The quantitative estimate of drug-likeness (QED) is 0.747. The Kier molecular flexibility index (Phi) is 3.59. The summed E-state index contributed by atoms with van der Waals surface area (Å²) in [5, 5.41) is 11.7. The molecule has 0 unspecified atom stereocenters. The molecule has 1 aromatic carbocycles. The summed E-state index contributed by atoms with van der Waals surface area (Å²) >= 11 is 0. The van der Waals surface area contributed by atoms with Gasteiger partial charge in [0.2, 0.25) is 0 Å². The summed E-state index contributed by atoms with van der Waals surface area (Å²) in [7, 11) is 1.53. The Labute approximate surface area is 82.5 Å². The molecule has 76 valence electrons. The minimum absolute atomic E-state index is 0.0592. The Morgan fingerprint density at radius 3 is 2.71 bits per heavy atom. The number of methoxy groups -OCH3 is 1. The normalized spacial score (nSPS) is 9.93. The van der Waals surface area contributed by atoms with Gasteiger partial charge in [-0.15, -0.1) is 4.91 Å². The number of nitroso groups, excluding NO2 is 1. The molecule has 4 nitrogen and oxygen atoms in total. The highest BCUT2D eigenvalue weighted by Crippen LogP contribution is 2.28. The predicted molar refractivity (Wildman–Crippen MR) is 54.0 cm³/mol. The van der Waals surface area contributed by atoms with Gasteiger partial charge in [-0.1, -0.05) is 6.07 Å². The van der Waals surface area contributed by atoms with E-state index in [1.54, 1.807) is 13.0 Å². The van der Waals surface area contributed by atoms with Crippen molar-refractivity contribution in [2.24, 2.45) is 5.18 Å². The Bertz CT molecular complexity index is 336. The van der Waals surface area contributed by atoms with Crippen LogP contribution in [-0.4, -0.2) is 18.8 Å². The van der Waals surface area contributed by atoms with Crippen molar-refractivity contribution in [2.45, 2.75) is 13.3 Å². The van der Waals surface area contributed by atoms with Crippen LogP contribution >= 0.6 is 0 Å². The van der Waals surface area contributed by atoms with E-state index in [2.05, 4.69) is 5.18 Å². The van der Waals surface area contributed by atoms with Crippen molar-refractivity contribution >= 4 is 5.69 Å². The molecule has 1 N–H and O–H groups in total. The smallest absolute Gasteiger partial charge is 0.124 e. The molecule has 0 atom stereocenters. The van der Waals surface area contributed by atoms with E-state index >= 15 is 0 Å². The van der Waals surface area contributed by atoms with Crippen molar-refractivity contribution in [3.8, 4) is 5.75 Å². The number of hydrogen-bond acceptors (Lipinski definition) is 4. The number of aliphatic hydroxyl groups is 1. The third-order valence-corrected chi connectivity index (χ3v) is 2.08. The van der Waals surface area contributed by atoms with Gasteiger partial charge in [0.15, 0.2) is 0 Å². The molecular formula is C10H13NO3. The lowest BCUT2D eigenvalue weighted by Crippen LogP contribution is -1.96. The molecule has 0 aliphatic heterocycles. The Morgan fingerprint density at radius 1 is 1.50 bits per heavy atom. The molecule has 14 heavy (non-hydrogen) atoms. The summed E-state index contributed by atoms with van der Waals surface area (Å²) in [5.74, 6) is 0.597. The fraction of sp³-hybridized carbons (Fsp3) is 0.400. The van der Waals surface area contributed by atoms with Crippen molar-refractivity contribution in [1.29, 1.82) is 0 Å². The fourth-order valence-corrected chi connectivity index (χ4v) is 1.34. The molecule has 0 fully saturated rings. The van der Waals surface area contributed by atoms with Gasteiger partial charge in [0.1, 0.15) is 11.4 Å². The first-order chi connectivity index (χ1) is 6.72. The molecule has 0 saturated heterocycles. The number of hydrogen-bond donors (Lipinski definition) is 1. The van der Waals surface area contributed by atoms with E-state index in [9.17, 15) is 4.91 Å². The zero-order valence-corrected chi connectivity index (χ0v) is 8.28. The van der Waals surface area contributed by atoms with Crippen molar-refractivity contribution in [2.75, 3.05) is 13.7 Å². The summed E-state index contributed by atoms with van der Waals surface area (Å²) in [4.78, 5) is 10.4. The van der Waals surface area contributed by atoms with E-state index < -0.39 is 0 Å². The molecular weight excluding hydrogens is 182 g/mol. The third kappa shape index (κ3) is 2.09. The van der Waals surface area contributed by atoms with Gasteiger partial charge in [0.25, 0.3) is 0 Å². The summed E-state index contributed by atoms with van der Waals surface area (Å²) < 4.78 is 5.09. The third-order valence-electron chi connectivity index (χ3n) is 2.08. The van der Waals surface area contributed by atoms with Crippen LogP contribution in [0.25, 0.3) is 0 Å². The zero-order valence-electron chi connectivity index (χ0n) is 8.28. The standard InChI is InChI=1S/C10H13NO3/c1-7-5-8(3-4-12)10(14-2)6-9(7)11-13/h5-6,12H,3-4H2,1-2H3. The maximum Gasteiger partial charge on any atom is 0.124 e. The lowest BCUT2D eigenvalue weighted by atomic mass is 10.1. The van der Waals surface area contributed by atoms with Crippen molar-refractivity contribution in [3.05, 3.63) is 28.2 Å². The van der Waals surface area contributed by atoms with Gasteiger partial charge >= 0.3 is 0 Å². The van der Waals surface area contributed by atoms with Gasteiger partial charge in [0.05, 0.1) is 7.11 Å². The summed E-state index contributed by atoms with van der Waals surface area (Å²) in [6.07, 6.45) is 0.517. The largest absolute Gasteiger partial charge is 0.496 e. The first kappa shape index (κ1) is 10.7. The van der Waals surface area contributed by atoms with E-state index in [-0.39, 0.29) is 6.61 Å². The lowest BCUT2D eigenvalue weighted by molar-refractivity contribution is 0.296. The number of aliphatic hydroxyl groups excluding tert-OH is 1. The molecule has 0 saturated carbocycles. The number of nitrogens with zero attached hydrogens (tertiary/aromatic N) is 1. The van der Waals surface area contributed by atoms with Crippen LogP contribution in [0.5, 0.6) is 5.75 Å². The second-order valence-corrected chi connectivity index (χ2v) is 3.02. The molecule has 0 bridgehead atoms. The molecule has 0 aliphatic rings. The first-order valence-corrected chi connectivity index (χ1v) is 4.34. The molecule has 0 aliphatic carbocycles. The molecule has 0 amide bonds. The molecule has 1 rings (SSSR count). The van der Waals surface area contributed by atoms with Crippen LogP contribution in [0, 0.1) is 11.8 Å². The van der Waals surface area contributed by atoms with E-state index in [0.29, 0.717) is 17.9 Å². The second kappa shape index (κ2) is 4.72. The average Bonchev–Trinajstić information content (AvgIpc) is 2.19. The van der Waals surface area contributed by atoms with Gasteiger partial charge in [-0.2, -0.15) is 0 Å². The maximum atomic E-state index is 10.4. The molecule has 1 aromatic rings. The van der Waals surface area contributed by atoms with Crippen LogP contribution in [0.1, 0.15) is 11.1 Å². The molecule has 0 radical (unpaired) electrons. The van der Waals surface area contributed by atoms with Crippen LogP contribution in [0.15, 0.2) is 17.3 Å². The fourth-order valence-electron chi connectivity index (χ4n) is 1.34. The zero-order chi connectivity index (χ0) is 10.6. The van der Waals surface area contributed by atoms with Gasteiger partial charge in [0, 0.05) is 12.7 Å². The van der Waals surface area contributed by atoms with Crippen molar-refractivity contribution in [1.82, 2.24) is 0 Å². The number of ether oxygens (including phenoxy) is 1. The molecule has 0 heterocycles. The van der Waals surface area contributed by atoms with Crippen LogP contribution in [0.4, 0.5) is 5.69 Å². The molecule has 4 heteroatoms. The number of benzene rings is 1. The number of aryl methyl sites for hydroxylation is 1. The lowest BCUT2D eigenvalue weighted by Gasteiger charge is -2.09. The minimum Gasteiger partial charge on any atom is -0.496 e. The highest BCUT2D eigenvalue weighted by Gasteiger charge is 2.07. The van der Waals surface area contributed by atoms with Crippen LogP contribution in [0.3, 0.4) is 0 Å². The van der Waals surface area contributed by atoms with Crippen LogP contribution < -0.4 is 4.74 Å². The van der Waals surface area contributed by atoms with Gasteiger partial charge in [-0.3, -0.25) is 0 Å². The van der Waals surface area contributed by atoms with Gasteiger partial charge in [-0.25, -0.2) is 0 Å². The maximum absolute atomic E-state index is 10.4. The van der Waals surface area contributed by atoms with E-state index in [1.165, 1.54) is 7.11 Å². The van der Waals surface area contributed by atoms with E-state index in [0.717, 1.165) is 11.1 Å². The summed E-state index contributed by atoms with van der Waals surface area (Å²) in [6.45, 7) is 1.86. The van der Waals surface area contributed by atoms with Gasteiger partial charge in [-0.05, 0) is 29.6 Å². The predicted octanol–water partition coefficient (Wildman–Crippen LogP) is 1.94. The molecule has 0 aromatic heterocycles. The second-order valence-electron chi connectivity index (χ2n) is 3.02. The topological polar surface area (TPSA) is 58.9 Å². The Morgan fingerprint density at radius 2 is 2.21 bits per heavy atom. The monoisotopic (exact) mass is 195 g/mol. The van der Waals surface area contributed by atoms with Crippen molar-refractivity contribution in [3.63, 3.8) is 0 Å². The number of rotatable bonds is 4. The van der Waals surface area contributed by atoms with E-state index in [1.807, 2.05) is 6.07 Å².